The molecule has 0 amide bonds. The lowest BCUT2D eigenvalue weighted by Gasteiger charge is -2.18. The zero-order chi connectivity index (χ0) is 9.10. The molecule has 0 saturated carbocycles. The van der Waals surface area contributed by atoms with Crippen molar-refractivity contribution in [3.63, 3.8) is 0 Å². The first-order valence-corrected chi connectivity index (χ1v) is 4.93. The molecule has 1 fully saturated rings. The van der Waals surface area contributed by atoms with Gasteiger partial charge < -0.3 is 9.84 Å². The summed E-state index contributed by atoms with van der Waals surface area (Å²) in [7, 11) is 0. The van der Waals surface area contributed by atoms with Crippen LogP contribution in [0.4, 0.5) is 0 Å². The number of hydrogen-bond acceptors (Lipinski definition) is 4. The fraction of sp³-hybridized carbons (Fsp3) is 0.778. The van der Waals surface area contributed by atoms with Crippen molar-refractivity contribution in [2.24, 2.45) is 0 Å². The summed E-state index contributed by atoms with van der Waals surface area (Å²) in [6.07, 6.45) is 3.09. The molecule has 0 unspecified atom stereocenters. The van der Waals surface area contributed by atoms with E-state index in [0.29, 0.717) is 5.92 Å². The molecule has 0 radical (unpaired) electrons. The Morgan fingerprint density at radius 1 is 1.46 bits per heavy atom. The van der Waals surface area contributed by atoms with Crippen LogP contribution in [-0.4, -0.2) is 23.2 Å². The zero-order valence-electron chi connectivity index (χ0n) is 7.92. The minimum atomic E-state index is 0.481. The van der Waals surface area contributed by atoms with Gasteiger partial charge in [-0.15, -0.1) is 0 Å². The molecule has 0 aliphatic carbocycles. The standard InChI is InChI=1S/C9H15N3O/c1-2-8-11-9(13-12-8)7-3-5-10-6-4-7/h7,10H,2-6H2,1H3. The van der Waals surface area contributed by atoms with Crippen LogP contribution in [0.3, 0.4) is 0 Å². The maximum absolute atomic E-state index is 5.21. The number of nitrogens with one attached hydrogen (secondary N) is 1. The van der Waals surface area contributed by atoms with Gasteiger partial charge in [-0.25, -0.2) is 0 Å². The van der Waals surface area contributed by atoms with Crippen LogP contribution in [0.2, 0.25) is 0 Å². The number of aryl methyl sites for hydroxylation is 1. The van der Waals surface area contributed by atoms with Crippen LogP contribution in [0, 0.1) is 0 Å². The molecule has 0 bridgehead atoms. The first-order chi connectivity index (χ1) is 6.40. The van der Waals surface area contributed by atoms with Gasteiger partial charge in [-0.05, 0) is 25.9 Å². The van der Waals surface area contributed by atoms with Crippen LogP contribution < -0.4 is 5.32 Å². The van der Waals surface area contributed by atoms with E-state index in [-0.39, 0.29) is 0 Å². The molecule has 1 aromatic rings. The third kappa shape index (κ3) is 1.88. The largest absolute Gasteiger partial charge is 0.339 e. The predicted molar refractivity (Wildman–Crippen MR) is 48.5 cm³/mol. The molecule has 2 heterocycles. The average Bonchev–Trinajstić information content (AvgIpc) is 2.67. The SMILES string of the molecule is CCc1noc(C2CCNCC2)n1. The predicted octanol–water partition coefficient (Wildman–Crippen LogP) is 1.10. The summed E-state index contributed by atoms with van der Waals surface area (Å²) in [4.78, 5) is 4.35. The van der Waals surface area contributed by atoms with Gasteiger partial charge in [-0.2, -0.15) is 4.98 Å². The number of piperidine rings is 1. The minimum absolute atomic E-state index is 0.481. The summed E-state index contributed by atoms with van der Waals surface area (Å²) < 4.78 is 5.21. The number of nitrogens with zero attached hydrogens (tertiary/aromatic N) is 2. The normalized spacial score (nSPS) is 19.2. The van der Waals surface area contributed by atoms with E-state index in [1.165, 1.54) is 0 Å². The Kier molecular flexibility index (Phi) is 2.59. The maximum atomic E-state index is 5.21. The van der Waals surface area contributed by atoms with Gasteiger partial charge in [0, 0.05) is 12.3 Å². The lowest BCUT2D eigenvalue weighted by atomic mass is 9.98. The van der Waals surface area contributed by atoms with E-state index >= 15 is 0 Å². The fourth-order valence-electron chi connectivity index (χ4n) is 1.65. The second-order valence-corrected chi connectivity index (χ2v) is 3.43. The van der Waals surface area contributed by atoms with Crippen molar-refractivity contribution in [1.82, 2.24) is 15.5 Å². The highest BCUT2D eigenvalue weighted by molar-refractivity contribution is 4.95. The van der Waals surface area contributed by atoms with Crippen LogP contribution in [0.1, 0.15) is 37.4 Å². The van der Waals surface area contributed by atoms with E-state index in [1.807, 2.05) is 6.92 Å². The van der Waals surface area contributed by atoms with Gasteiger partial charge in [0.1, 0.15) is 0 Å². The van der Waals surface area contributed by atoms with E-state index in [4.69, 9.17) is 4.52 Å². The summed E-state index contributed by atoms with van der Waals surface area (Å²) in [5.41, 5.74) is 0. The van der Waals surface area contributed by atoms with Crippen LogP contribution in [0.15, 0.2) is 4.52 Å². The Hall–Kier alpha value is -0.900. The molecule has 1 N–H and O–H groups in total. The minimum Gasteiger partial charge on any atom is -0.339 e. The monoisotopic (exact) mass is 181 g/mol. The smallest absolute Gasteiger partial charge is 0.229 e. The molecule has 4 heteroatoms. The van der Waals surface area contributed by atoms with Crippen molar-refractivity contribution in [3.05, 3.63) is 11.7 Å². The highest BCUT2D eigenvalue weighted by atomic mass is 16.5. The van der Waals surface area contributed by atoms with Gasteiger partial charge in [0.15, 0.2) is 5.82 Å². The van der Waals surface area contributed by atoms with E-state index in [2.05, 4.69) is 15.5 Å². The van der Waals surface area contributed by atoms with E-state index < -0.39 is 0 Å². The molecule has 0 spiro atoms. The molecule has 1 saturated heterocycles. The first kappa shape index (κ1) is 8.69. The second-order valence-electron chi connectivity index (χ2n) is 3.43. The average molecular weight is 181 g/mol. The summed E-state index contributed by atoms with van der Waals surface area (Å²) in [6.45, 7) is 4.17. The fourth-order valence-corrected chi connectivity index (χ4v) is 1.65. The lowest BCUT2D eigenvalue weighted by molar-refractivity contribution is 0.318. The van der Waals surface area contributed by atoms with E-state index in [0.717, 1.165) is 44.1 Å². The Morgan fingerprint density at radius 3 is 2.85 bits per heavy atom. The van der Waals surface area contributed by atoms with Crippen molar-refractivity contribution in [3.8, 4) is 0 Å². The van der Waals surface area contributed by atoms with Gasteiger partial charge in [0.2, 0.25) is 5.89 Å². The summed E-state index contributed by atoms with van der Waals surface area (Å²) in [5, 5.41) is 7.22. The molecule has 1 aliphatic rings. The molecular formula is C9H15N3O. The first-order valence-electron chi connectivity index (χ1n) is 4.93. The Labute approximate surface area is 77.7 Å². The number of rotatable bonds is 2. The third-order valence-electron chi connectivity index (χ3n) is 2.49. The quantitative estimate of drug-likeness (QED) is 0.742. The van der Waals surface area contributed by atoms with Gasteiger partial charge in [0.25, 0.3) is 0 Å². The number of aromatic nitrogens is 2. The molecule has 1 aliphatic heterocycles. The zero-order valence-corrected chi connectivity index (χ0v) is 7.92. The van der Waals surface area contributed by atoms with Crippen LogP contribution in [0.5, 0.6) is 0 Å². The highest BCUT2D eigenvalue weighted by Crippen LogP contribution is 2.23. The van der Waals surface area contributed by atoms with E-state index in [1.54, 1.807) is 0 Å². The summed E-state index contributed by atoms with van der Waals surface area (Å²) >= 11 is 0. The number of hydrogen-bond donors (Lipinski definition) is 1. The van der Waals surface area contributed by atoms with Gasteiger partial charge in [0.05, 0.1) is 0 Å². The summed E-state index contributed by atoms with van der Waals surface area (Å²) in [6, 6.07) is 0. The topological polar surface area (TPSA) is 51.0 Å². The van der Waals surface area contributed by atoms with Crippen LogP contribution in [0.25, 0.3) is 0 Å². The Morgan fingerprint density at radius 2 is 2.23 bits per heavy atom. The Bertz CT molecular complexity index is 266. The second kappa shape index (κ2) is 3.87. The van der Waals surface area contributed by atoms with Crippen molar-refractivity contribution < 1.29 is 4.52 Å². The van der Waals surface area contributed by atoms with Crippen molar-refractivity contribution in [2.75, 3.05) is 13.1 Å². The van der Waals surface area contributed by atoms with Gasteiger partial charge in [-0.3, -0.25) is 0 Å². The van der Waals surface area contributed by atoms with Gasteiger partial charge >= 0.3 is 0 Å². The Balaban J connectivity index is 2.05. The third-order valence-corrected chi connectivity index (χ3v) is 2.49. The molecule has 2 rings (SSSR count). The van der Waals surface area contributed by atoms with Crippen LogP contribution >= 0.6 is 0 Å². The van der Waals surface area contributed by atoms with Gasteiger partial charge in [-0.1, -0.05) is 12.1 Å². The molecule has 1 aromatic heterocycles. The molecule has 13 heavy (non-hydrogen) atoms. The summed E-state index contributed by atoms with van der Waals surface area (Å²) in [5.74, 6) is 2.14. The molecule has 4 nitrogen and oxygen atoms in total. The highest BCUT2D eigenvalue weighted by Gasteiger charge is 2.20. The molecule has 72 valence electrons. The maximum Gasteiger partial charge on any atom is 0.229 e. The van der Waals surface area contributed by atoms with E-state index in [9.17, 15) is 0 Å². The van der Waals surface area contributed by atoms with Crippen molar-refractivity contribution >= 4 is 0 Å². The van der Waals surface area contributed by atoms with Crippen molar-refractivity contribution in [1.29, 1.82) is 0 Å². The molecule has 0 aromatic carbocycles. The van der Waals surface area contributed by atoms with Crippen molar-refractivity contribution in [2.45, 2.75) is 32.1 Å². The molecular weight excluding hydrogens is 166 g/mol. The lowest BCUT2D eigenvalue weighted by Crippen LogP contribution is -2.26. The molecule has 0 atom stereocenters. The van der Waals surface area contributed by atoms with Crippen LogP contribution in [-0.2, 0) is 6.42 Å².